The summed E-state index contributed by atoms with van der Waals surface area (Å²) in [7, 11) is 2.07. The highest BCUT2D eigenvalue weighted by atomic mass is 16.3. The van der Waals surface area contributed by atoms with E-state index in [4.69, 9.17) is 0 Å². The third-order valence-corrected chi connectivity index (χ3v) is 4.82. The summed E-state index contributed by atoms with van der Waals surface area (Å²) in [6, 6.07) is 6.46. The van der Waals surface area contributed by atoms with Gasteiger partial charge in [-0.25, -0.2) is 0 Å². The van der Waals surface area contributed by atoms with E-state index in [-0.39, 0.29) is 18.6 Å². The Morgan fingerprint density at radius 3 is 3.05 bits per heavy atom. The summed E-state index contributed by atoms with van der Waals surface area (Å²) in [5.41, 5.74) is 4.36. The van der Waals surface area contributed by atoms with Crippen LogP contribution in [0, 0.1) is 0 Å². The van der Waals surface area contributed by atoms with Gasteiger partial charge >= 0.3 is 0 Å². The second-order valence-corrected chi connectivity index (χ2v) is 5.89. The van der Waals surface area contributed by atoms with Gasteiger partial charge in [-0.15, -0.1) is 0 Å². The summed E-state index contributed by atoms with van der Waals surface area (Å²) in [6.07, 6.45) is 3.02. The molecule has 0 radical (unpaired) electrons. The SMILES string of the molecule is CN1CC(CO)=C(O)[C@@H]2c3cccc4[nH]cc(c34)C[C@H]21. The van der Waals surface area contributed by atoms with Gasteiger partial charge in [-0.2, -0.15) is 0 Å². The minimum atomic E-state index is -0.0740. The minimum absolute atomic E-state index is 0.0251. The average molecular weight is 270 g/mol. The Morgan fingerprint density at radius 2 is 2.25 bits per heavy atom. The molecule has 2 aromatic rings. The fraction of sp³-hybridized carbons (Fsp3) is 0.375. The van der Waals surface area contributed by atoms with E-state index < -0.39 is 0 Å². The van der Waals surface area contributed by atoms with E-state index in [1.807, 2.05) is 6.07 Å². The van der Waals surface area contributed by atoms with Gasteiger partial charge in [0.05, 0.1) is 12.5 Å². The van der Waals surface area contributed by atoms with Crippen molar-refractivity contribution in [2.24, 2.45) is 0 Å². The van der Waals surface area contributed by atoms with Crippen molar-refractivity contribution in [1.82, 2.24) is 9.88 Å². The van der Waals surface area contributed by atoms with Crippen LogP contribution in [0.5, 0.6) is 0 Å². The summed E-state index contributed by atoms with van der Waals surface area (Å²) in [5, 5.41) is 21.3. The summed E-state index contributed by atoms with van der Waals surface area (Å²) < 4.78 is 0. The van der Waals surface area contributed by atoms with Crippen molar-refractivity contribution in [2.75, 3.05) is 20.2 Å². The number of aromatic nitrogens is 1. The third-order valence-electron chi connectivity index (χ3n) is 4.82. The number of nitrogens with zero attached hydrogens (tertiary/aromatic N) is 1. The largest absolute Gasteiger partial charge is 0.512 e. The summed E-state index contributed by atoms with van der Waals surface area (Å²) in [6.45, 7) is 0.564. The number of hydrogen-bond acceptors (Lipinski definition) is 3. The van der Waals surface area contributed by atoms with Gasteiger partial charge in [0.15, 0.2) is 0 Å². The van der Waals surface area contributed by atoms with Crippen LogP contribution in [0.2, 0.25) is 0 Å². The number of aromatic amines is 1. The first-order valence-corrected chi connectivity index (χ1v) is 7.01. The molecule has 2 heterocycles. The molecule has 0 unspecified atom stereocenters. The van der Waals surface area contributed by atoms with Gasteiger partial charge in [0.1, 0.15) is 5.76 Å². The number of benzene rings is 1. The lowest BCUT2D eigenvalue weighted by molar-refractivity contribution is 0.162. The molecule has 1 aromatic heterocycles. The van der Waals surface area contributed by atoms with Gasteiger partial charge < -0.3 is 15.2 Å². The molecule has 0 spiro atoms. The summed E-state index contributed by atoms with van der Waals surface area (Å²) in [4.78, 5) is 5.56. The van der Waals surface area contributed by atoms with Gasteiger partial charge in [-0.3, -0.25) is 4.90 Å². The van der Waals surface area contributed by atoms with Crippen molar-refractivity contribution in [1.29, 1.82) is 0 Å². The molecule has 0 amide bonds. The number of nitrogens with one attached hydrogen (secondary N) is 1. The van der Waals surface area contributed by atoms with E-state index in [9.17, 15) is 10.2 Å². The van der Waals surface area contributed by atoms with E-state index in [1.165, 1.54) is 16.5 Å². The van der Waals surface area contributed by atoms with Crippen LogP contribution in [0.3, 0.4) is 0 Å². The van der Waals surface area contributed by atoms with Gasteiger partial charge in [-0.05, 0) is 30.7 Å². The van der Waals surface area contributed by atoms with Crippen LogP contribution < -0.4 is 0 Å². The van der Waals surface area contributed by atoms with Crippen LogP contribution in [-0.4, -0.2) is 46.3 Å². The van der Waals surface area contributed by atoms with Gasteiger partial charge in [-0.1, -0.05) is 12.1 Å². The van der Waals surface area contributed by atoms with E-state index >= 15 is 0 Å². The number of fused-ring (bicyclic) bond motifs is 2. The second-order valence-electron chi connectivity index (χ2n) is 5.89. The molecule has 20 heavy (non-hydrogen) atoms. The third kappa shape index (κ3) is 1.43. The van der Waals surface area contributed by atoms with E-state index in [0.717, 1.165) is 17.5 Å². The molecule has 2 atom stereocenters. The Labute approximate surface area is 117 Å². The Balaban J connectivity index is 1.99. The fourth-order valence-corrected chi connectivity index (χ4v) is 3.85. The first-order valence-electron chi connectivity index (χ1n) is 7.01. The minimum Gasteiger partial charge on any atom is -0.512 e. The number of hydrogen-bond donors (Lipinski definition) is 3. The van der Waals surface area contributed by atoms with E-state index in [1.54, 1.807) is 0 Å². The summed E-state index contributed by atoms with van der Waals surface area (Å²) in [5.74, 6) is 0.345. The monoisotopic (exact) mass is 270 g/mol. The molecule has 4 rings (SSSR count). The van der Waals surface area contributed by atoms with Gasteiger partial charge in [0.2, 0.25) is 0 Å². The molecule has 1 aliphatic heterocycles. The average Bonchev–Trinajstić information content (AvgIpc) is 2.87. The van der Waals surface area contributed by atoms with E-state index in [2.05, 4.69) is 35.3 Å². The van der Waals surface area contributed by atoms with Crippen molar-refractivity contribution in [2.45, 2.75) is 18.4 Å². The number of H-pyrrole nitrogens is 1. The molecule has 1 aromatic carbocycles. The van der Waals surface area contributed by atoms with Crippen LogP contribution in [0.1, 0.15) is 17.0 Å². The molecule has 4 heteroatoms. The molecule has 2 aliphatic rings. The molecule has 0 saturated carbocycles. The first-order chi connectivity index (χ1) is 9.70. The number of aliphatic hydroxyl groups is 2. The lowest BCUT2D eigenvalue weighted by atomic mass is 9.75. The zero-order chi connectivity index (χ0) is 13.9. The van der Waals surface area contributed by atoms with E-state index in [0.29, 0.717) is 12.3 Å². The van der Waals surface area contributed by atoms with Crippen LogP contribution in [0.15, 0.2) is 35.7 Å². The lowest BCUT2D eigenvalue weighted by Crippen LogP contribution is -2.46. The van der Waals surface area contributed by atoms with Crippen LogP contribution in [0.25, 0.3) is 10.9 Å². The number of aliphatic hydroxyl groups excluding tert-OH is 2. The highest BCUT2D eigenvalue weighted by molar-refractivity contribution is 5.88. The Morgan fingerprint density at radius 1 is 1.40 bits per heavy atom. The standard InChI is InChI=1S/C16H18N2O2/c1-18-7-10(8-19)16(20)15-11-3-2-4-12-14(11)9(6-17-12)5-13(15)18/h2-4,6,13,15,17,19-20H,5,7-8H2,1H3/t13-,15-/m1/s1. The van der Waals surface area contributed by atoms with Crippen molar-refractivity contribution in [3.8, 4) is 0 Å². The fourth-order valence-electron chi connectivity index (χ4n) is 3.85. The Bertz CT molecular complexity index is 716. The number of likely N-dealkylation sites (N-methyl/N-ethyl adjacent to an activating group) is 1. The number of rotatable bonds is 1. The second kappa shape index (κ2) is 4.11. The van der Waals surface area contributed by atoms with Crippen LogP contribution >= 0.6 is 0 Å². The predicted molar refractivity (Wildman–Crippen MR) is 77.9 cm³/mol. The van der Waals surface area contributed by atoms with Crippen LogP contribution in [-0.2, 0) is 6.42 Å². The highest BCUT2D eigenvalue weighted by Gasteiger charge is 2.40. The van der Waals surface area contributed by atoms with Gasteiger partial charge in [0, 0.05) is 35.3 Å². The maximum absolute atomic E-state index is 10.6. The molecule has 104 valence electrons. The van der Waals surface area contributed by atoms with Crippen molar-refractivity contribution < 1.29 is 10.2 Å². The van der Waals surface area contributed by atoms with Crippen molar-refractivity contribution >= 4 is 10.9 Å². The van der Waals surface area contributed by atoms with Crippen LogP contribution in [0.4, 0.5) is 0 Å². The molecule has 0 bridgehead atoms. The van der Waals surface area contributed by atoms with Crippen molar-refractivity contribution in [3.05, 3.63) is 46.9 Å². The Hall–Kier alpha value is -1.78. The zero-order valence-corrected chi connectivity index (χ0v) is 11.4. The first kappa shape index (κ1) is 12.0. The maximum Gasteiger partial charge on any atom is 0.104 e. The molecule has 3 N–H and O–H groups in total. The zero-order valence-electron chi connectivity index (χ0n) is 11.4. The highest BCUT2D eigenvalue weighted by Crippen LogP contribution is 2.44. The molecule has 4 nitrogen and oxygen atoms in total. The molecule has 0 saturated heterocycles. The molecular formula is C16H18N2O2. The quantitative estimate of drug-likeness (QED) is 0.742. The smallest absolute Gasteiger partial charge is 0.104 e. The topological polar surface area (TPSA) is 59.5 Å². The molecule has 1 aliphatic carbocycles. The molecular weight excluding hydrogens is 252 g/mol. The van der Waals surface area contributed by atoms with Crippen molar-refractivity contribution in [3.63, 3.8) is 0 Å². The van der Waals surface area contributed by atoms with Gasteiger partial charge in [0.25, 0.3) is 0 Å². The Kier molecular flexibility index (Phi) is 2.46. The summed E-state index contributed by atoms with van der Waals surface area (Å²) >= 11 is 0. The predicted octanol–water partition coefficient (Wildman–Crippen LogP) is 1.93. The maximum atomic E-state index is 10.6. The normalized spacial score (nSPS) is 26.1. The molecule has 0 fully saturated rings. The lowest BCUT2D eigenvalue weighted by Gasteiger charge is -2.42.